The van der Waals surface area contributed by atoms with Gasteiger partial charge in [-0.25, -0.2) is 0 Å². The summed E-state index contributed by atoms with van der Waals surface area (Å²) in [5, 5.41) is 2.76. The van der Waals surface area contributed by atoms with Gasteiger partial charge in [0.15, 0.2) is 0 Å². The highest BCUT2D eigenvalue weighted by atomic mass is 79.9. The van der Waals surface area contributed by atoms with E-state index in [1.54, 1.807) is 0 Å². The van der Waals surface area contributed by atoms with Crippen LogP contribution in [0.2, 0.25) is 5.02 Å². The molecule has 0 nitrogen and oxygen atoms in total. The van der Waals surface area contributed by atoms with Crippen LogP contribution in [0.4, 0.5) is 0 Å². The van der Waals surface area contributed by atoms with E-state index in [0.717, 1.165) is 21.6 Å². The standard InChI is InChI=1S/C15H21Br2Cl/c1-3-12(4-2)9-15(10-16,11-17)13-5-7-14(18)8-6-13/h5-8,12H,3-4,9-11H2,1-2H3. The third-order valence-corrected chi connectivity index (χ3v) is 6.20. The van der Waals surface area contributed by atoms with Crippen molar-refractivity contribution >= 4 is 43.5 Å². The monoisotopic (exact) mass is 394 g/mol. The molecule has 0 heterocycles. The zero-order valence-electron chi connectivity index (χ0n) is 11.1. The Bertz CT molecular complexity index is 340. The summed E-state index contributed by atoms with van der Waals surface area (Å²) in [6.45, 7) is 4.56. The van der Waals surface area contributed by atoms with E-state index in [1.165, 1.54) is 24.8 Å². The Morgan fingerprint density at radius 3 is 1.94 bits per heavy atom. The molecule has 102 valence electrons. The Morgan fingerprint density at radius 1 is 1.06 bits per heavy atom. The molecule has 18 heavy (non-hydrogen) atoms. The highest BCUT2D eigenvalue weighted by Crippen LogP contribution is 2.37. The number of benzene rings is 1. The third kappa shape index (κ3) is 3.98. The summed E-state index contributed by atoms with van der Waals surface area (Å²) in [5.41, 5.74) is 1.54. The van der Waals surface area contributed by atoms with Crippen molar-refractivity contribution in [3.63, 3.8) is 0 Å². The normalized spacial score (nSPS) is 12.1. The first-order valence-electron chi connectivity index (χ1n) is 6.49. The molecule has 3 heteroatoms. The second kappa shape index (κ2) is 7.91. The van der Waals surface area contributed by atoms with Gasteiger partial charge >= 0.3 is 0 Å². The minimum Gasteiger partial charge on any atom is -0.0918 e. The van der Waals surface area contributed by atoms with Crippen LogP contribution in [-0.4, -0.2) is 10.7 Å². The van der Waals surface area contributed by atoms with E-state index in [2.05, 4.69) is 57.8 Å². The number of alkyl halides is 2. The molecule has 0 radical (unpaired) electrons. The molecule has 0 saturated carbocycles. The van der Waals surface area contributed by atoms with Crippen LogP contribution in [0.5, 0.6) is 0 Å². The minimum absolute atomic E-state index is 0.168. The van der Waals surface area contributed by atoms with Crippen molar-refractivity contribution in [3.8, 4) is 0 Å². The molecule has 1 rings (SSSR count). The van der Waals surface area contributed by atoms with E-state index in [4.69, 9.17) is 11.6 Å². The van der Waals surface area contributed by atoms with Crippen LogP contribution >= 0.6 is 43.5 Å². The Kier molecular flexibility index (Phi) is 7.27. The van der Waals surface area contributed by atoms with Crippen LogP contribution in [0.25, 0.3) is 0 Å². The first-order chi connectivity index (χ1) is 8.61. The SMILES string of the molecule is CCC(CC)CC(CBr)(CBr)c1ccc(Cl)cc1. The fraction of sp³-hybridized carbons (Fsp3) is 0.600. The molecule has 0 aliphatic heterocycles. The Morgan fingerprint density at radius 2 is 1.56 bits per heavy atom. The number of halogens is 3. The maximum Gasteiger partial charge on any atom is 0.0406 e. The molecule has 0 saturated heterocycles. The Balaban J connectivity index is 3.02. The Labute approximate surface area is 133 Å². The maximum atomic E-state index is 5.98. The van der Waals surface area contributed by atoms with Crippen molar-refractivity contribution < 1.29 is 0 Å². The summed E-state index contributed by atoms with van der Waals surface area (Å²) in [6.07, 6.45) is 3.69. The van der Waals surface area contributed by atoms with Gasteiger partial charge in [0, 0.05) is 21.1 Å². The van der Waals surface area contributed by atoms with Gasteiger partial charge in [0.2, 0.25) is 0 Å². The van der Waals surface area contributed by atoms with Gasteiger partial charge in [-0.1, -0.05) is 82.3 Å². The van der Waals surface area contributed by atoms with Gasteiger partial charge < -0.3 is 0 Å². The second-order valence-corrected chi connectivity index (χ2v) is 6.50. The largest absolute Gasteiger partial charge is 0.0918 e. The fourth-order valence-corrected chi connectivity index (χ4v) is 4.51. The molecule has 0 aromatic heterocycles. The number of hydrogen-bond donors (Lipinski definition) is 0. The first-order valence-corrected chi connectivity index (χ1v) is 9.12. The van der Waals surface area contributed by atoms with E-state index >= 15 is 0 Å². The van der Waals surface area contributed by atoms with Crippen LogP contribution in [0.1, 0.15) is 38.7 Å². The predicted molar refractivity (Wildman–Crippen MR) is 89.4 cm³/mol. The van der Waals surface area contributed by atoms with Gasteiger partial charge in [-0.05, 0) is 30.0 Å². The summed E-state index contributed by atoms with van der Waals surface area (Å²) >= 11 is 13.4. The highest BCUT2D eigenvalue weighted by Gasteiger charge is 2.32. The van der Waals surface area contributed by atoms with Gasteiger partial charge in [0.1, 0.15) is 0 Å². The van der Waals surface area contributed by atoms with Gasteiger partial charge in [0.05, 0.1) is 0 Å². The minimum atomic E-state index is 0.168. The van der Waals surface area contributed by atoms with E-state index in [-0.39, 0.29) is 5.41 Å². The van der Waals surface area contributed by atoms with Crippen molar-refractivity contribution in [3.05, 3.63) is 34.9 Å². The van der Waals surface area contributed by atoms with Crippen molar-refractivity contribution in [2.24, 2.45) is 5.92 Å². The van der Waals surface area contributed by atoms with E-state index in [1.807, 2.05) is 12.1 Å². The van der Waals surface area contributed by atoms with E-state index < -0.39 is 0 Å². The molecule has 0 fully saturated rings. The second-order valence-electron chi connectivity index (χ2n) is 4.94. The molecule has 1 aromatic carbocycles. The smallest absolute Gasteiger partial charge is 0.0406 e. The molecule has 0 amide bonds. The van der Waals surface area contributed by atoms with Crippen LogP contribution < -0.4 is 0 Å². The summed E-state index contributed by atoms with van der Waals surface area (Å²) < 4.78 is 0. The average molecular weight is 397 g/mol. The molecule has 0 aliphatic carbocycles. The molecule has 0 N–H and O–H groups in total. The number of hydrogen-bond acceptors (Lipinski definition) is 0. The molecule has 0 spiro atoms. The van der Waals surface area contributed by atoms with E-state index in [9.17, 15) is 0 Å². The zero-order valence-corrected chi connectivity index (χ0v) is 15.0. The lowest BCUT2D eigenvalue weighted by Gasteiger charge is -2.34. The highest BCUT2D eigenvalue weighted by molar-refractivity contribution is 9.09. The van der Waals surface area contributed by atoms with Crippen LogP contribution in [-0.2, 0) is 5.41 Å². The summed E-state index contributed by atoms with van der Waals surface area (Å²) in [4.78, 5) is 0. The Hall–Kier alpha value is 0.470. The molecular weight excluding hydrogens is 375 g/mol. The van der Waals surface area contributed by atoms with Crippen molar-refractivity contribution in [2.45, 2.75) is 38.5 Å². The summed E-state index contributed by atoms with van der Waals surface area (Å²) in [5.74, 6) is 0.774. The lowest BCUT2D eigenvalue weighted by Crippen LogP contribution is -2.32. The van der Waals surface area contributed by atoms with E-state index in [0.29, 0.717) is 0 Å². The quantitative estimate of drug-likeness (QED) is 0.482. The first kappa shape index (κ1) is 16.5. The van der Waals surface area contributed by atoms with Crippen LogP contribution in [0.3, 0.4) is 0 Å². The average Bonchev–Trinajstić information content (AvgIpc) is 2.42. The van der Waals surface area contributed by atoms with Gasteiger partial charge in [0.25, 0.3) is 0 Å². The van der Waals surface area contributed by atoms with Gasteiger partial charge in [-0.15, -0.1) is 0 Å². The van der Waals surface area contributed by atoms with Crippen molar-refractivity contribution in [1.29, 1.82) is 0 Å². The summed E-state index contributed by atoms with van der Waals surface area (Å²) in [6, 6.07) is 8.30. The lowest BCUT2D eigenvalue weighted by molar-refractivity contribution is 0.355. The van der Waals surface area contributed by atoms with Crippen molar-refractivity contribution in [1.82, 2.24) is 0 Å². The zero-order chi connectivity index (χ0) is 13.6. The van der Waals surface area contributed by atoms with Gasteiger partial charge in [-0.2, -0.15) is 0 Å². The number of rotatable bonds is 7. The molecule has 0 bridgehead atoms. The predicted octanol–water partition coefficient (Wildman–Crippen LogP) is 6.19. The third-order valence-electron chi connectivity index (χ3n) is 3.80. The topological polar surface area (TPSA) is 0 Å². The molecule has 0 aliphatic rings. The molecule has 0 atom stereocenters. The van der Waals surface area contributed by atoms with Crippen LogP contribution in [0.15, 0.2) is 24.3 Å². The van der Waals surface area contributed by atoms with Crippen molar-refractivity contribution in [2.75, 3.05) is 10.7 Å². The molecule has 1 aromatic rings. The molecule has 0 unspecified atom stereocenters. The summed E-state index contributed by atoms with van der Waals surface area (Å²) in [7, 11) is 0. The van der Waals surface area contributed by atoms with Crippen LogP contribution in [0, 0.1) is 5.92 Å². The maximum absolute atomic E-state index is 5.98. The molecular formula is C15H21Br2Cl. The van der Waals surface area contributed by atoms with Gasteiger partial charge in [-0.3, -0.25) is 0 Å². The fourth-order valence-electron chi connectivity index (χ4n) is 2.35. The lowest BCUT2D eigenvalue weighted by atomic mass is 9.75.